The van der Waals surface area contributed by atoms with Gasteiger partial charge in [0.1, 0.15) is 41.9 Å². The zero-order valence-electron chi connectivity index (χ0n) is 11.4. The third kappa shape index (κ3) is 2.01. The monoisotopic (exact) mass is 308 g/mol. The van der Waals surface area contributed by atoms with Crippen molar-refractivity contribution in [2.24, 2.45) is 5.73 Å². The number of nitrogens with zero attached hydrogens (tertiary/aromatic N) is 3. The Kier molecular flexibility index (Phi) is 3.45. The molecule has 2 aromatic heterocycles. The molecule has 22 heavy (non-hydrogen) atoms. The van der Waals surface area contributed by atoms with Crippen LogP contribution in [-0.4, -0.2) is 60.6 Å². The smallest absolute Gasteiger partial charge is 0.164 e. The van der Waals surface area contributed by atoms with Crippen LogP contribution in [0.4, 0.5) is 5.82 Å². The van der Waals surface area contributed by atoms with Gasteiger partial charge in [-0.25, -0.2) is 9.97 Å². The molecular weight excluding hydrogens is 292 g/mol. The zero-order valence-corrected chi connectivity index (χ0v) is 11.4. The van der Waals surface area contributed by atoms with Crippen LogP contribution in [0, 0.1) is 5.41 Å². The molecule has 0 aliphatic carbocycles. The average Bonchev–Trinajstić information content (AvgIpc) is 3.00. The van der Waals surface area contributed by atoms with Crippen LogP contribution in [0.25, 0.3) is 11.0 Å². The quantitative estimate of drug-likeness (QED) is 0.276. The third-order valence-electron chi connectivity index (χ3n) is 3.72. The molecule has 2 aromatic rings. The number of aromatic nitrogens is 3. The van der Waals surface area contributed by atoms with Crippen molar-refractivity contribution < 1.29 is 20.1 Å². The number of fused-ring (bicyclic) bond motifs is 1. The molecule has 4 atom stereocenters. The van der Waals surface area contributed by atoms with E-state index >= 15 is 0 Å². The van der Waals surface area contributed by atoms with Crippen LogP contribution in [-0.2, 0) is 4.74 Å². The maximum absolute atomic E-state index is 10.1. The first-order valence-corrected chi connectivity index (χ1v) is 6.53. The van der Waals surface area contributed by atoms with E-state index in [-0.39, 0.29) is 11.7 Å². The van der Waals surface area contributed by atoms with Crippen molar-refractivity contribution in [3.8, 4) is 0 Å². The zero-order chi connectivity index (χ0) is 16.0. The van der Waals surface area contributed by atoms with E-state index in [1.807, 2.05) is 0 Å². The first kappa shape index (κ1) is 14.7. The summed E-state index contributed by atoms with van der Waals surface area (Å²) in [6.45, 7) is -0.440. The minimum Gasteiger partial charge on any atom is -0.394 e. The Labute approximate surface area is 124 Å². The van der Waals surface area contributed by atoms with Crippen LogP contribution < -0.4 is 11.5 Å². The fraction of sp³-hybridized carbons (Fsp3) is 0.417. The molecule has 0 bridgehead atoms. The van der Waals surface area contributed by atoms with Crippen molar-refractivity contribution in [1.82, 2.24) is 14.5 Å². The lowest BCUT2D eigenvalue weighted by molar-refractivity contribution is -0.0508. The van der Waals surface area contributed by atoms with Gasteiger partial charge in [-0.15, -0.1) is 0 Å². The van der Waals surface area contributed by atoms with E-state index < -0.39 is 31.1 Å². The highest BCUT2D eigenvalue weighted by Crippen LogP contribution is 2.34. The number of nitrogen functional groups attached to an aromatic ring is 2. The number of anilines is 1. The minimum absolute atomic E-state index is 0.140. The molecule has 1 aliphatic rings. The minimum atomic E-state index is -1.27. The van der Waals surface area contributed by atoms with Crippen LogP contribution in [0.2, 0.25) is 0 Å². The van der Waals surface area contributed by atoms with Crippen molar-refractivity contribution in [2.45, 2.75) is 24.5 Å². The molecule has 1 saturated heterocycles. The van der Waals surface area contributed by atoms with E-state index in [0.717, 1.165) is 0 Å². The van der Waals surface area contributed by atoms with Gasteiger partial charge >= 0.3 is 0 Å². The molecule has 10 nitrogen and oxygen atoms in total. The van der Waals surface area contributed by atoms with Crippen LogP contribution in [0.15, 0.2) is 12.5 Å². The average molecular weight is 308 g/mol. The number of hydrogen-bond donors (Lipinski definition) is 6. The second-order valence-electron chi connectivity index (χ2n) is 5.05. The van der Waals surface area contributed by atoms with Crippen molar-refractivity contribution >= 4 is 22.7 Å². The van der Waals surface area contributed by atoms with Crippen LogP contribution >= 0.6 is 0 Å². The van der Waals surface area contributed by atoms with Crippen molar-refractivity contribution in [1.29, 1.82) is 5.41 Å². The first-order chi connectivity index (χ1) is 10.5. The van der Waals surface area contributed by atoms with E-state index in [1.165, 1.54) is 17.1 Å². The maximum Gasteiger partial charge on any atom is 0.164 e. The van der Waals surface area contributed by atoms with Gasteiger partial charge in [0.2, 0.25) is 0 Å². The Balaban J connectivity index is 2.16. The number of nitrogens with one attached hydrogen (secondary N) is 1. The Morgan fingerprint density at radius 1 is 1.36 bits per heavy atom. The SMILES string of the molecule is N=C(N)c1cn([C@H]2O[C@@H](CO)[C@@H](O)[C@H]2O)c2ncnc(N)c12. The maximum atomic E-state index is 10.1. The molecule has 0 radical (unpaired) electrons. The van der Waals surface area contributed by atoms with E-state index in [2.05, 4.69) is 9.97 Å². The van der Waals surface area contributed by atoms with Gasteiger partial charge in [0, 0.05) is 11.8 Å². The highest BCUT2D eigenvalue weighted by molar-refractivity contribution is 6.09. The number of aliphatic hydroxyl groups excluding tert-OH is 3. The van der Waals surface area contributed by atoms with Gasteiger partial charge in [-0.05, 0) is 0 Å². The Morgan fingerprint density at radius 2 is 2.09 bits per heavy atom. The van der Waals surface area contributed by atoms with E-state index in [1.54, 1.807) is 0 Å². The molecule has 0 unspecified atom stereocenters. The lowest BCUT2D eigenvalue weighted by Gasteiger charge is -2.17. The van der Waals surface area contributed by atoms with E-state index in [9.17, 15) is 10.2 Å². The lowest BCUT2D eigenvalue weighted by atomic mass is 10.1. The fourth-order valence-electron chi connectivity index (χ4n) is 2.62. The van der Waals surface area contributed by atoms with E-state index in [4.69, 9.17) is 26.7 Å². The summed E-state index contributed by atoms with van der Waals surface area (Å²) in [5.41, 5.74) is 12.0. The van der Waals surface area contributed by atoms with Crippen LogP contribution in [0.3, 0.4) is 0 Å². The number of nitrogens with two attached hydrogens (primary N) is 2. The Morgan fingerprint density at radius 3 is 2.68 bits per heavy atom. The molecule has 118 valence electrons. The molecule has 0 amide bonds. The summed E-state index contributed by atoms with van der Waals surface area (Å²) in [5, 5.41) is 37.1. The summed E-state index contributed by atoms with van der Waals surface area (Å²) in [5.74, 6) is -0.0994. The number of amidine groups is 1. The van der Waals surface area contributed by atoms with Gasteiger partial charge in [0.05, 0.1) is 12.0 Å². The molecule has 1 aliphatic heterocycles. The van der Waals surface area contributed by atoms with Crippen LogP contribution in [0.5, 0.6) is 0 Å². The largest absolute Gasteiger partial charge is 0.394 e. The van der Waals surface area contributed by atoms with Crippen LogP contribution in [0.1, 0.15) is 11.8 Å². The fourth-order valence-corrected chi connectivity index (χ4v) is 2.62. The molecule has 0 spiro atoms. The summed E-state index contributed by atoms with van der Waals surface area (Å²) in [6.07, 6.45) is -1.73. The molecule has 8 N–H and O–H groups in total. The molecule has 3 rings (SSSR count). The molecule has 0 aromatic carbocycles. The van der Waals surface area contributed by atoms with Gasteiger partial charge in [-0.2, -0.15) is 0 Å². The second-order valence-corrected chi connectivity index (χ2v) is 5.05. The Hall–Kier alpha value is -2.27. The summed E-state index contributed by atoms with van der Waals surface area (Å²) in [4.78, 5) is 7.95. The topological polar surface area (TPSA) is 177 Å². The summed E-state index contributed by atoms with van der Waals surface area (Å²) in [7, 11) is 0. The molecule has 10 heteroatoms. The van der Waals surface area contributed by atoms with Crippen molar-refractivity contribution in [3.05, 3.63) is 18.1 Å². The number of aliphatic hydroxyl groups is 3. The van der Waals surface area contributed by atoms with E-state index in [0.29, 0.717) is 16.6 Å². The molecular formula is C12H16N6O4. The highest BCUT2D eigenvalue weighted by Gasteiger charge is 2.44. The highest BCUT2D eigenvalue weighted by atomic mass is 16.6. The molecule has 0 saturated carbocycles. The Bertz CT molecular complexity index is 732. The number of hydrogen-bond acceptors (Lipinski definition) is 8. The van der Waals surface area contributed by atoms with Crippen molar-refractivity contribution in [3.63, 3.8) is 0 Å². The van der Waals surface area contributed by atoms with Gasteiger partial charge in [-0.3, -0.25) is 5.41 Å². The summed E-state index contributed by atoms with van der Waals surface area (Å²) in [6, 6.07) is 0. The number of rotatable bonds is 3. The standard InChI is InChI=1S/C12H16N6O4/c13-9(14)4-1-18(11-6(4)10(15)16-3-17-11)12-8(21)7(20)5(2-19)22-12/h1,3,5,7-8,12,19-21H,2H2,(H3,13,14)(H2,15,16,17)/t5-,7+,8+,12-/m0/s1. The van der Waals surface area contributed by atoms with Gasteiger partial charge in [0.15, 0.2) is 6.23 Å². The third-order valence-corrected chi connectivity index (χ3v) is 3.72. The summed E-state index contributed by atoms with van der Waals surface area (Å²) >= 11 is 0. The summed E-state index contributed by atoms with van der Waals surface area (Å²) < 4.78 is 6.89. The molecule has 1 fully saturated rings. The first-order valence-electron chi connectivity index (χ1n) is 6.53. The molecule has 3 heterocycles. The normalized spacial score (nSPS) is 28.3. The van der Waals surface area contributed by atoms with Gasteiger partial charge in [-0.1, -0.05) is 0 Å². The second kappa shape index (κ2) is 5.18. The predicted molar refractivity (Wildman–Crippen MR) is 76.0 cm³/mol. The van der Waals surface area contributed by atoms with Gasteiger partial charge in [0.25, 0.3) is 0 Å². The van der Waals surface area contributed by atoms with Gasteiger partial charge < -0.3 is 36.1 Å². The predicted octanol–water partition coefficient (Wildman–Crippen LogP) is -2.09. The van der Waals surface area contributed by atoms with Crippen molar-refractivity contribution in [2.75, 3.05) is 12.3 Å². The lowest BCUT2D eigenvalue weighted by Crippen LogP contribution is -2.33. The number of ether oxygens (including phenoxy) is 1.